The van der Waals surface area contributed by atoms with Gasteiger partial charge < -0.3 is 0 Å². The number of tetrazole rings is 1. The van der Waals surface area contributed by atoms with Crippen molar-refractivity contribution >= 4 is 6.20 Å². The van der Waals surface area contributed by atoms with Gasteiger partial charge in [-0.1, -0.05) is 6.58 Å². The van der Waals surface area contributed by atoms with Crippen molar-refractivity contribution in [2.45, 2.75) is 0 Å². The van der Waals surface area contributed by atoms with Gasteiger partial charge in [0.05, 0.1) is 0 Å². The average molecular weight is 96.1 g/mol. The highest BCUT2D eigenvalue weighted by Crippen LogP contribution is 1.70. The van der Waals surface area contributed by atoms with E-state index in [0.29, 0.717) is 0 Å². The van der Waals surface area contributed by atoms with Crippen LogP contribution >= 0.6 is 0 Å². The van der Waals surface area contributed by atoms with E-state index in [1.807, 2.05) is 0 Å². The summed E-state index contributed by atoms with van der Waals surface area (Å²) in [5.74, 6) is 0. The van der Waals surface area contributed by atoms with Gasteiger partial charge in [-0.3, -0.25) is 0 Å². The number of aromatic nitrogens is 4. The molecule has 0 aliphatic rings. The van der Waals surface area contributed by atoms with Crippen LogP contribution in [0.3, 0.4) is 0 Å². The van der Waals surface area contributed by atoms with Crippen molar-refractivity contribution in [1.29, 1.82) is 0 Å². The third-order valence-corrected chi connectivity index (χ3v) is 0.552. The van der Waals surface area contributed by atoms with Crippen LogP contribution in [0.5, 0.6) is 0 Å². The summed E-state index contributed by atoms with van der Waals surface area (Å²) >= 11 is 0. The molecule has 0 aromatic carbocycles. The number of nitrogens with zero attached hydrogens (tertiary/aromatic N) is 4. The van der Waals surface area contributed by atoms with Crippen molar-refractivity contribution < 1.29 is 0 Å². The topological polar surface area (TPSA) is 43.6 Å². The first-order valence-electron chi connectivity index (χ1n) is 1.78. The summed E-state index contributed by atoms with van der Waals surface area (Å²) in [6, 6.07) is 0. The SMILES string of the molecule is C=Cn1cnnn1. The smallest absolute Gasteiger partial charge is 0.143 e. The van der Waals surface area contributed by atoms with Crippen LogP contribution in [0.15, 0.2) is 12.9 Å². The van der Waals surface area contributed by atoms with Gasteiger partial charge >= 0.3 is 0 Å². The molecule has 0 spiro atoms. The maximum absolute atomic E-state index is 3.47. The summed E-state index contributed by atoms with van der Waals surface area (Å²) in [7, 11) is 0. The van der Waals surface area contributed by atoms with Crippen molar-refractivity contribution in [3.63, 3.8) is 0 Å². The van der Waals surface area contributed by atoms with Gasteiger partial charge in [-0.25, -0.2) is 4.68 Å². The van der Waals surface area contributed by atoms with E-state index in [1.54, 1.807) is 0 Å². The van der Waals surface area contributed by atoms with Crippen LogP contribution in [0.4, 0.5) is 0 Å². The fourth-order valence-electron chi connectivity index (χ4n) is 0.252. The van der Waals surface area contributed by atoms with Gasteiger partial charge in [0, 0.05) is 6.20 Å². The van der Waals surface area contributed by atoms with Gasteiger partial charge in [0.15, 0.2) is 0 Å². The first-order chi connectivity index (χ1) is 3.43. The minimum atomic E-state index is 1.42. The Morgan fingerprint density at radius 1 is 1.71 bits per heavy atom. The van der Waals surface area contributed by atoms with Crippen molar-refractivity contribution in [1.82, 2.24) is 20.2 Å². The van der Waals surface area contributed by atoms with Crippen molar-refractivity contribution in [3.05, 3.63) is 12.9 Å². The second-order valence-corrected chi connectivity index (χ2v) is 0.972. The molecule has 1 aromatic rings. The van der Waals surface area contributed by atoms with E-state index in [9.17, 15) is 0 Å². The maximum atomic E-state index is 3.47. The Balaban J connectivity index is 2.96. The van der Waals surface area contributed by atoms with E-state index in [1.165, 1.54) is 17.2 Å². The molecule has 0 N–H and O–H groups in total. The molecule has 0 atom stereocenters. The fourth-order valence-corrected chi connectivity index (χ4v) is 0.252. The Morgan fingerprint density at radius 3 is 2.86 bits per heavy atom. The molecule has 0 unspecified atom stereocenters. The molecule has 0 aliphatic heterocycles. The standard InChI is InChI=1S/C3H4N4/c1-2-7-3-4-5-6-7/h2-3H,1H2. The Labute approximate surface area is 40.5 Å². The largest absolute Gasteiger partial charge is 0.208 e. The summed E-state index contributed by atoms with van der Waals surface area (Å²) in [6.07, 6.45) is 2.98. The van der Waals surface area contributed by atoms with Gasteiger partial charge in [0.25, 0.3) is 0 Å². The molecule has 36 valence electrons. The van der Waals surface area contributed by atoms with E-state index in [0.717, 1.165) is 0 Å². The number of rotatable bonds is 1. The van der Waals surface area contributed by atoms with Crippen LogP contribution < -0.4 is 0 Å². The average Bonchev–Trinajstić information content (AvgIpc) is 2.14. The predicted molar refractivity (Wildman–Crippen MR) is 24.2 cm³/mol. The normalized spacial score (nSPS) is 8.57. The molecule has 4 nitrogen and oxygen atoms in total. The van der Waals surface area contributed by atoms with Crippen LogP contribution in [0.25, 0.3) is 6.20 Å². The minimum absolute atomic E-state index is 1.42. The maximum Gasteiger partial charge on any atom is 0.143 e. The van der Waals surface area contributed by atoms with Gasteiger partial charge in [-0.05, 0) is 10.4 Å². The minimum Gasteiger partial charge on any atom is -0.208 e. The summed E-state index contributed by atoms with van der Waals surface area (Å²) < 4.78 is 1.42. The van der Waals surface area contributed by atoms with Gasteiger partial charge in [0.1, 0.15) is 6.33 Å². The monoisotopic (exact) mass is 96.0 g/mol. The van der Waals surface area contributed by atoms with Gasteiger partial charge in [-0.15, -0.1) is 5.10 Å². The molecule has 1 rings (SSSR count). The van der Waals surface area contributed by atoms with E-state index in [-0.39, 0.29) is 0 Å². The summed E-state index contributed by atoms with van der Waals surface area (Å²) in [4.78, 5) is 0. The Hall–Kier alpha value is -1.19. The fraction of sp³-hybridized carbons (Fsp3) is 0. The zero-order chi connectivity index (χ0) is 5.11. The molecular formula is C3H4N4. The predicted octanol–water partition coefficient (Wildman–Crippen LogP) is -0.226. The lowest BCUT2D eigenvalue weighted by atomic mass is 11.0. The highest BCUT2D eigenvalue weighted by Gasteiger charge is 1.76. The molecule has 0 radical (unpaired) electrons. The zero-order valence-corrected chi connectivity index (χ0v) is 3.65. The number of hydrogen-bond acceptors (Lipinski definition) is 3. The molecule has 0 amide bonds. The highest BCUT2D eigenvalue weighted by molar-refractivity contribution is 5.09. The number of hydrogen-bond donors (Lipinski definition) is 0. The lowest BCUT2D eigenvalue weighted by Crippen LogP contribution is -1.83. The van der Waals surface area contributed by atoms with Crippen LogP contribution in [-0.2, 0) is 0 Å². The molecule has 1 heterocycles. The first kappa shape index (κ1) is 3.98. The first-order valence-corrected chi connectivity index (χ1v) is 1.78. The van der Waals surface area contributed by atoms with Crippen LogP contribution in [-0.4, -0.2) is 20.2 Å². The van der Waals surface area contributed by atoms with Crippen molar-refractivity contribution in [2.24, 2.45) is 0 Å². The summed E-state index contributed by atoms with van der Waals surface area (Å²) in [5, 5.41) is 10.2. The second-order valence-electron chi connectivity index (χ2n) is 0.972. The zero-order valence-electron chi connectivity index (χ0n) is 3.65. The second kappa shape index (κ2) is 1.51. The Bertz CT molecular complexity index is 142. The van der Waals surface area contributed by atoms with Crippen LogP contribution in [0, 0.1) is 0 Å². The third-order valence-electron chi connectivity index (χ3n) is 0.552. The highest BCUT2D eigenvalue weighted by atomic mass is 15.5. The quantitative estimate of drug-likeness (QED) is 0.485. The Morgan fingerprint density at radius 2 is 2.57 bits per heavy atom. The lowest BCUT2D eigenvalue weighted by molar-refractivity contribution is 0.819. The lowest BCUT2D eigenvalue weighted by Gasteiger charge is -1.75. The molecule has 1 aromatic heterocycles. The summed E-state index contributed by atoms with van der Waals surface area (Å²) in [5.41, 5.74) is 0. The molecule has 0 saturated heterocycles. The van der Waals surface area contributed by atoms with E-state index < -0.39 is 0 Å². The molecule has 0 bridgehead atoms. The van der Waals surface area contributed by atoms with Crippen LogP contribution in [0.1, 0.15) is 0 Å². The summed E-state index contributed by atoms with van der Waals surface area (Å²) in [6.45, 7) is 3.42. The van der Waals surface area contributed by atoms with E-state index in [4.69, 9.17) is 0 Å². The van der Waals surface area contributed by atoms with E-state index in [2.05, 4.69) is 22.1 Å². The molecule has 0 aliphatic carbocycles. The molecule has 0 saturated carbocycles. The van der Waals surface area contributed by atoms with Gasteiger partial charge in [-0.2, -0.15) is 0 Å². The molecular weight excluding hydrogens is 92.1 g/mol. The van der Waals surface area contributed by atoms with Crippen molar-refractivity contribution in [3.8, 4) is 0 Å². The Kier molecular flexibility index (Phi) is 0.856. The van der Waals surface area contributed by atoms with Crippen LogP contribution in [0.2, 0.25) is 0 Å². The van der Waals surface area contributed by atoms with E-state index >= 15 is 0 Å². The van der Waals surface area contributed by atoms with Crippen molar-refractivity contribution in [2.75, 3.05) is 0 Å². The molecule has 0 fully saturated rings. The molecule has 7 heavy (non-hydrogen) atoms. The van der Waals surface area contributed by atoms with Gasteiger partial charge in [0.2, 0.25) is 0 Å². The molecule has 4 heteroatoms. The third kappa shape index (κ3) is 0.623.